The summed E-state index contributed by atoms with van der Waals surface area (Å²) in [5.74, 6) is 0. The van der Waals surface area contributed by atoms with E-state index in [9.17, 15) is 0 Å². The van der Waals surface area contributed by atoms with Gasteiger partial charge in [0.15, 0.2) is 0 Å². The minimum Gasteiger partial charge on any atom is -0.377 e. The molecule has 0 unspecified atom stereocenters. The number of nitrogens with one attached hydrogen (secondary N) is 1. The Bertz CT molecular complexity index is 388. The summed E-state index contributed by atoms with van der Waals surface area (Å²) in [6.07, 6.45) is 2.09. The first kappa shape index (κ1) is 15.2. The molecule has 0 atom stereocenters. The van der Waals surface area contributed by atoms with Gasteiger partial charge in [-0.25, -0.2) is 0 Å². The molecule has 1 N–H and O–H groups in total. The zero-order valence-electron chi connectivity index (χ0n) is 12.8. The highest BCUT2D eigenvalue weighted by Gasteiger charge is 2.22. The summed E-state index contributed by atoms with van der Waals surface area (Å²) in [6, 6.07) is 0. The Labute approximate surface area is 111 Å². The third kappa shape index (κ3) is 4.10. The zero-order chi connectivity index (χ0) is 14.0. The van der Waals surface area contributed by atoms with Gasteiger partial charge >= 0.3 is 0 Å². The molecule has 0 spiro atoms. The van der Waals surface area contributed by atoms with E-state index in [1.165, 1.54) is 5.56 Å². The Kier molecular flexibility index (Phi) is 4.56. The predicted molar refractivity (Wildman–Crippen MR) is 74.7 cm³/mol. The van der Waals surface area contributed by atoms with E-state index in [-0.39, 0.29) is 11.0 Å². The Hall–Kier alpha value is -0.870. The molecule has 0 radical (unpaired) electrons. The van der Waals surface area contributed by atoms with Gasteiger partial charge in [-0.3, -0.25) is 4.68 Å². The largest absolute Gasteiger partial charge is 0.377 e. The molecule has 1 heterocycles. The lowest BCUT2D eigenvalue weighted by atomic mass is 9.89. The second-order valence-electron chi connectivity index (χ2n) is 6.49. The van der Waals surface area contributed by atoms with E-state index in [1.807, 2.05) is 11.7 Å². The van der Waals surface area contributed by atoms with Gasteiger partial charge in [0.25, 0.3) is 0 Å². The van der Waals surface area contributed by atoms with Crippen molar-refractivity contribution in [1.29, 1.82) is 0 Å². The molecule has 4 nitrogen and oxygen atoms in total. The number of ether oxygens (including phenoxy) is 1. The molecular formula is C14H27N3O. The van der Waals surface area contributed by atoms with Gasteiger partial charge in [-0.1, -0.05) is 20.8 Å². The fourth-order valence-electron chi connectivity index (χ4n) is 1.87. The fourth-order valence-corrected chi connectivity index (χ4v) is 1.87. The number of aromatic nitrogens is 2. The van der Waals surface area contributed by atoms with Crippen molar-refractivity contribution in [1.82, 2.24) is 15.1 Å². The molecule has 4 heteroatoms. The molecule has 0 saturated heterocycles. The molecule has 104 valence electrons. The lowest BCUT2D eigenvalue weighted by Gasteiger charge is -2.24. The van der Waals surface area contributed by atoms with E-state index < -0.39 is 0 Å². The molecule has 0 saturated carbocycles. The SMILES string of the molecule is COC(C)(C)CNCc1cn(C)nc1C(C)(C)C. The topological polar surface area (TPSA) is 39.1 Å². The van der Waals surface area contributed by atoms with Gasteiger partial charge in [0.05, 0.1) is 11.3 Å². The minimum atomic E-state index is -0.135. The van der Waals surface area contributed by atoms with E-state index in [0.29, 0.717) is 0 Å². The van der Waals surface area contributed by atoms with Crippen LogP contribution in [0.4, 0.5) is 0 Å². The summed E-state index contributed by atoms with van der Waals surface area (Å²) in [6.45, 7) is 12.4. The standard InChI is InChI=1S/C14H27N3O/c1-13(2,3)12-11(9-17(6)16-12)8-15-10-14(4,5)18-7/h9,15H,8,10H2,1-7H3. The van der Waals surface area contributed by atoms with Crippen LogP contribution in [0, 0.1) is 0 Å². The molecule has 0 aliphatic rings. The highest BCUT2D eigenvalue weighted by Crippen LogP contribution is 2.24. The van der Waals surface area contributed by atoms with Crippen LogP contribution in [0.15, 0.2) is 6.20 Å². The van der Waals surface area contributed by atoms with Crippen molar-refractivity contribution in [2.24, 2.45) is 7.05 Å². The van der Waals surface area contributed by atoms with E-state index in [2.05, 4.69) is 51.2 Å². The molecule has 0 fully saturated rings. The Morgan fingerprint density at radius 1 is 1.28 bits per heavy atom. The van der Waals surface area contributed by atoms with Crippen LogP contribution in [-0.4, -0.2) is 29.0 Å². The molecule has 0 bridgehead atoms. The monoisotopic (exact) mass is 253 g/mol. The number of nitrogens with zero attached hydrogens (tertiary/aromatic N) is 2. The first-order valence-electron chi connectivity index (χ1n) is 6.44. The summed E-state index contributed by atoms with van der Waals surface area (Å²) >= 11 is 0. The van der Waals surface area contributed by atoms with Crippen molar-refractivity contribution in [3.8, 4) is 0 Å². The third-order valence-corrected chi connectivity index (χ3v) is 3.03. The van der Waals surface area contributed by atoms with Crippen LogP contribution >= 0.6 is 0 Å². The second kappa shape index (κ2) is 5.41. The molecule has 18 heavy (non-hydrogen) atoms. The summed E-state index contributed by atoms with van der Waals surface area (Å²) in [5.41, 5.74) is 2.36. The molecule has 1 aromatic rings. The van der Waals surface area contributed by atoms with Gasteiger partial charge in [-0.2, -0.15) is 5.10 Å². The maximum atomic E-state index is 5.39. The first-order valence-corrected chi connectivity index (χ1v) is 6.44. The third-order valence-electron chi connectivity index (χ3n) is 3.03. The fraction of sp³-hybridized carbons (Fsp3) is 0.786. The second-order valence-corrected chi connectivity index (χ2v) is 6.49. The van der Waals surface area contributed by atoms with Gasteiger partial charge in [-0.15, -0.1) is 0 Å². The smallest absolute Gasteiger partial charge is 0.0746 e. The first-order chi connectivity index (χ1) is 8.15. The highest BCUT2D eigenvalue weighted by atomic mass is 16.5. The minimum absolute atomic E-state index is 0.0784. The van der Waals surface area contributed by atoms with Gasteiger partial charge in [0.2, 0.25) is 0 Å². The van der Waals surface area contributed by atoms with Gasteiger partial charge in [0.1, 0.15) is 0 Å². The van der Waals surface area contributed by atoms with Crippen LogP contribution in [0.3, 0.4) is 0 Å². The van der Waals surface area contributed by atoms with Gasteiger partial charge in [0, 0.05) is 44.4 Å². The summed E-state index contributed by atoms with van der Waals surface area (Å²) < 4.78 is 7.28. The molecular weight excluding hydrogens is 226 g/mol. The average molecular weight is 253 g/mol. The highest BCUT2D eigenvalue weighted by molar-refractivity contribution is 5.23. The van der Waals surface area contributed by atoms with Crippen molar-refractivity contribution in [2.45, 2.75) is 52.2 Å². The molecule has 1 rings (SSSR count). The molecule has 1 aromatic heterocycles. The van der Waals surface area contributed by atoms with Gasteiger partial charge in [-0.05, 0) is 13.8 Å². The quantitative estimate of drug-likeness (QED) is 0.874. The zero-order valence-corrected chi connectivity index (χ0v) is 12.8. The van der Waals surface area contributed by atoms with Gasteiger partial charge < -0.3 is 10.1 Å². The predicted octanol–water partition coefficient (Wildman–Crippen LogP) is 2.23. The number of hydrogen-bond donors (Lipinski definition) is 1. The Morgan fingerprint density at radius 2 is 1.89 bits per heavy atom. The summed E-state index contributed by atoms with van der Waals surface area (Å²) in [5, 5.41) is 8.00. The van der Waals surface area contributed by atoms with Crippen LogP contribution in [0.2, 0.25) is 0 Å². The number of aryl methyl sites for hydroxylation is 1. The Balaban J connectivity index is 2.68. The maximum absolute atomic E-state index is 5.39. The molecule has 0 amide bonds. The van der Waals surface area contributed by atoms with Crippen LogP contribution in [0.5, 0.6) is 0 Å². The molecule has 0 aliphatic heterocycles. The normalized spacial score (nSPS) is 13.1. The Morgan fingerprint density at radius 3 is 2.39 bits per heavy atom. The van der Waals surface area contributed by atoms with E-state index in [0.717, 1.165) is 18.8 Å². The number of rotatable bonds is 5. The van der Waals surface area contributed by atoms with Crippen LogP contribution in [0.1, 0.15) is 45.9 Å². The van der Waals surface area contributed by atoms with Crippen LogP contribution in [0.25, 0.3) is 0 Å². The molecule has 0 aliphatic carbocycles. The van der Waals surface area contributed by atoms with Crippen molar-refractivity contribution < 1.29 is 4.74 Å². The number of hydrogen-bond acceptors (Lipinski definition) is 3. The number of methoxy groups -OCH3 is 1. The van der Waals surface area contributed by atoms with Crippen LogP contribution < -0.4 is 5.32 Å². The lowest BCUT2D eigenvalue weighted by molar-refractivity contribution is 0.0230. The summed E-state index contributed by atoms with van der Waals surface area (Å²) in [7, 11) is 3.71. The van der Waals surface area contributed by atoms with Crippen molar-refractivity contribution in [3.05, 3.63) is 17.5 Å². The van der Waals surface area contributed by atoms with E-state index in [1.54, 1.807) is 7.11 Å². The lowest BCUT2D eigenvalue weighted by Crippen LogP contribution is -2.36. The maximum Gasteiger partial charge on any atom is 0.0746 e. The van der Waals surface area contributed by atoms with E-state index >= 15 is 0 Å². The van der Waals surface area contributed by atoms with Crippen LogP contribution in [-0.2, 0) is 23.7 Å². The van der Waals surface area contributed by atoms with Crippen molar-refractivity contribution >= 4 is 0 Å². The molecule has 0 aromatic carbocycles. The van der Waals surface area contributed by atoms with Crippen molar-refractivity contribution in [3.63, 3.8) is 0 Å². The van der Waals surface area contributed by atoms with E-state index in [4.69, 9.17) is 4.74 Å². The van der Waals surface area contributed by atoms with Crippen molar-refractivity contribution in [2.75, 3.05) is 13.7 Å². The summed E-state index contributed by atoms with van der Waals surface area (Å²) in [4.78, 5) is 0. The average Bonchev–Trinajstić information content (AvgIpc) is 2.59.